The van der Waals surface area contributed by atoms with Gasteiger partial charge in [0.05, 0.1) is 31.0 Å². The summed E-state index contributed by atoms with van der Waals surface area (Å²) in [5, 5.41) is 7.33. The van der Waals surface area contributed by atoms with Crippen LogP contribution >= 0.6 is 15.9 Å². The molecule has 6 nitrogen and oxygen atoms in total. The van der Waals surface area contributed by atoms with Gasteiger partial charge in [-0.15, -0.1) is 0 Å². The SMILES string of the molecule is CN(C)CCn1ncc(NCc2ccoc2)c(Br)c1=O. The Morgan fingerprint density at radius 3 is 2.95 bits per heavy atom. The van der Waals surface area contributed by atoms with Crippen molar-refractivity contribution in [1.82, 2.24) is 14.7 Å². The summed E-state index contributed by atoms with van der Waals surface area (Å²) in [6.45, 7) is 1.91. The average Bonchev–Trinajstić information content (AvgIpc) is 2.92. The third kappa shape index (κ3) is 3.71. The number of furan rings is 1. The lowest BCUT2D eigenvalue weighted by Gasteiger charge is -2.12. The lowest BCUT2D eigenvalue weighted by molar-refractivity contribution is 0.367. The van der Waals surface area contributed by atoms with Crippen LogP contribution in [0.15, 0.2) is 38.5 Å². The highest BCUT2D eigenvalue weighted by molar-refractivity contribution is 9.10. The first-order chi connectivity index (χ1) is 9.58. The van der Waals surface area contributed by atoms with Gasteiger partial charge in [-0.1, -0.05) is 0 Å². The Hall–Kier alpha value is -1.60. The Morgan fingerprint density at radius 2 is 2.30 bits per heavy atom. The van der Waals surface area contributed by atoms with Gasteiger partial charge in [-0.25, -0.2) is 4.68 Å². The highest BCUT2D eigenvalue weighted by Gasteiger charge is 2.09. The van der Waals surface area contributed by atoms with E-state index in [-0.39, 0.29) is 5.56 Å². The van der Waals surface area contributed by atoms with Gasteiger partial charge in [-0.2, -0.15) is 5.10 Å². The fraction of sp³-hybridized carbons (Fsp3) is 0.385. The van der Waals surface area contributed by atoms with Gasteiger partial charge >= 0.3 is 0 Å². The van der Waals surface area contributed by atoms with Crippen molar-refractivity contribution in [3.63, 3.8) is 0 Å². The first-order valence-electron chi connectivity index (χ1n) is 6.23. The third-order valence-corrected chi connectivity index (χ3v) is 3.57. The van der Waals surface area contributed by atoms with E-state index in [1.54, 1.807) is 18.7 Å². The number of aromatic nitrogens is 2. The maximum atomic E-state index is 12.1. The molecule has 0 aliphatic heterocycles. The number of rotatable bonds is 6. The van der Waals surface area contributed by atoms with Crippen LogP contribution in [0.5, 0.6) is 0 Å². The fourth-order valence-corrected chi connectivity index (χ4v) is 2.08. The Morgan fingerprint density at radius 1 is 1.50 bits per heavy atom. The van der Waals surface area contributed by atoms with Gasteiger partial charge in [-0.3, -0.25) is 4.79 Å². The molecular weight excluding hydrogens is 324 g/mol. The molecule has 0 bridgehead atoms. The normalized spacial score (nSPS) is 11.0. The van der Waals surface area contributed by atoms with E-state index in [9.17, 15) is 4.79 Å². The molecule has 2 heterocycles. The Labute approximate surface area is 125 Å². The molecule has 2 rings (SSSR count). The van der Waals surface area contributed by atoms with Crippen LogP contribution in [0, 0.1) is 0 Å². The molecule has 0 aliphatic carbocycles. The summed E-state index contributed by atoms with van der Waals surface area (Å²) in [4.78, 5) is 14.1. The summed E-state index contributed by atoms with van der Waals surface area (Å²) in [7, 11) is 3.92. The molecule has 0 atom stereocenters. The molecule has 20 heavy (non-hydrogen) atoms. The summed E-state index contributed by atoms with van der Waals surface area (Å²) >= 11 is 3.33. The number of anilines is 1. The third-order valence-electron chi connectivity index (χ3n) is 2.81. The predicted molar refractivity (Wildman–Crippen MR) is 80.8 cm³/mol. The van der Waals surface area contributed by atoms with Crippen LogP contribution < -0.4 is 10.9 Å². The van der Waals surface area contributed by atoms with E-state index in [0.717, 1.165) is 12.1 Å². The molecule has 0 radical (unpaired) electrons. The summed E-state index contributed by atoms with van der Waals surface area (Å²) in [6.07, 6.45) is 4.93. The molecule has 7 heteroatoms. The molecule has 108 valence electrons. The lowest BCUT2D eigenvalue weighted by Crippen LogP contribution is -2.29. The van der Waals surface area contributed by atoms with E-state index >= 15 is 0 Å². The van der Waals surface area contributed by atoms with Crippen molar-refractivity contribution >= 4 is 21.6 Å². The summed E-state index contributed by atoms with van der Waals surface area (Å²) in [6, 6.07) is 1.87. The van der Waals surface area contributed by atoms with Crippen LogP contribution in [0.1, 0.15) is 5.56 Å². The molecule has 0 spiro atoms. The van der Waals surface area contributed by atoms with Gasteiger partial charge in [0.25, 0.3) is 5.56 Å². The number of nitrogens with zero attached hydrogens (tertiary/aromatic N) is 3. The first kappa shape index (κ1) is 14.8. The number of likely N-dealkylation sites (N-methyl/N-ethyl adjacent to an activating group) is 1. The highest BCUT2D eigenvalue weighted by atomic mass is 79.9. The zero-order valence-electron chi connectivity index (χ0n) is 11.5. The quantitative estimate of drug-likeness (QED) is 0.868. The monoisotopic (exact) mass is 340 g/mol. The molecule has 0 fully saturated rings. The van der Waals surface area contributed by atoms with E-state index in [1.807, 2.05) is 25.1 Å². The second kappa shape index (κ2) is 6.71. The zero-order valence-corrected chi connectivity index (χ0v) is 13.1. The molecule has 2 aromatic rings. The van der Waals surface area contributed by atoms with Crippen molar-refractivity contribution < 1.29 is 4.42 Å². The van der Waals surface area contributed by atoms with Gasteiger partial charge in [0.2, 0.25) is 0 Å². The van der Waals surface area contributed by atoms with Gasteiger partial charge in [-0.05, 0) is 36.1 Å². The lowest BCUT2D eigenvalue weighted by atomic mass is 10.3. The standard InChI is InChI=1S/C13H17BrN4O2/c1-17(2)4-5-18-13(19)12(14)11(8-16-18)15-7-10-3-6-20-9-10/h3,6,8-9,15H,4-5,7H2,1-2H3. The molecule has 0 amide bonds. The minimum atomic E-state index is -0.135. The van der Waals surface area contributed by atoms with Crippen LogP contribution in [0.4, 0.5) is 5.69 Å². The van der Waals surface area contributed by atoms with Crippen molar-refractivity contribution in [3.05, 3.63) is 45.2 Å². The average molecular weight is 341 g/mol. The van der Waals surface area contributed by atoms with E-state index in [1.165, 1.54) is 4.68 Å². The minimum Gasteiger partial charge on any atom is -0.472 e. The molecule has 1 N–H and O–H groups in total. The maximum absolute atomic E-state index is 12.1. The van der Waals surface area contributed by atoms with Gasteiger partial charge in [0, 0.05) is 18.7 Å². The summed E-state index contributed by atoms with van der Waals surface area (Å²) in [5.41, 5.74) is 1.55. The first-order valence-corrected chi connectivity index (χ1v) is 7.02. The van der Waals surface area contributed by atoms with E-state index in [2.05, 4.69) is 26.3 Å². The van der Waals surface area contributed by atoms with Crippen LogP contribution in [0.25, 0.3) is 0 Å². The smallest absolute Gasteiger partial charge is 0.283 e. The van der Waals surface area contributed by atoms with Crippen LogP contribution in [-0.2, 0) is 13.1 Å². The van der Waals surface area contributed by atoms with E-state index in [4.69, 9.17) is 4.42 Å². The molecular formula is C13H17BrN4O2. The second-order valence-electron chi connectivity index (χ2n) is 4.69. The fourth-order valence-electron chi connectivity index (χ4n) is 1.63. The molecule has 0 aromatic carbocycles. The number of halogens is 1. The predicted octanol–water partition coefficient (Wildman–Crippen LogP) is 1.77. The van der Waals surface area contributed by atoms with Crippen LogP contribution in [0.3, 0.4) is 0 Å². The van der Waals surface area contributed by atoms with Crippen molar-refractivity contribution in [1.29, 1.82) is 0 Å². The minimum absolute atomic E-state index is 0.135. The van der Waals surface area contributed by atoms with Gasteiger partial charge in [0.1, 0.15) is 4.47 Å². The van der Waals surface area contributed by atoms with Crippen molar-refractivity contribution in [2.75, 3.05) is 26.0 Å². The van der Waals surface area contributed by atoms with Crippen molar-refractivity contribution in [2.45, 2.75) is 13.1 Å². The van der Waals surface area contributed by atoms with E-state index in [0.29, 0.717) is 23.2 Å². The van der Waals surface area contributed by atoms with Crippen LogP contribution in [-0.4, -0.2) is 35.3 Å². The van der Waals surface area contributed by atoms with E-state index < -0.39 is 0 Å². The maximum Gasteiger partial charge on any atom is 0.283 e. The molecule has 0 saturated carbocycles. The molecule has 0 saturated heterocycles. The zero-order chi connectivity index (χ0) is 14.5. The molecule has 0 unspecified atom stereocenters. The number of hydrogen-bond donors (Lipinski definition) is 1. The number of hydrogen-bond acceptors (Lipinski definition) is 5. The number of nitrogens with one attached hydrogen (secondary N) is 1. The Kier molecular flexibility index (Phi) is 4.97. The molecule has 0 aliphatic rings. The van der Waals surface area contributed by atoms with Gasteiger partial charge < -0.3 is 14.6 Å². The van der Waals surface area contributed by atoms with Gasteiger partial charge in [0.15, 0.2) is 0 Å². The summed E-state index contributed by atoms with van der Waals surface area (Å²) in [5.74, 6) is 0. The topological polar surface area (TPSA) is 63.3 Å². The highest BCUT2D eigenvalue weighted by Crippen LogP contribution is 2.17. The van der Waals surface area contributed by atoms with Crippen molar-refractivity contribution in [3.8, 4) is 0 Å². The summed E-state index contributed by atoms with van der Waals surface area (Å²) < 4.78 is 6.94. The largest absolute Gasteiger partial charge is 0.472 e. The van der Waals surface area contributed by atoms with Crippen molar-refractivity contribution in [2.24, 2.45) is 0 Å². The second-order valence-corrected chi connectivity index (χ2v) is 5.48. The Bertz CT molecular complexity index is 607. The van der Waals surface area contributed by atoms with Crippen LogP contribution in [0.2, 0.25) is 0 Å². The Balaban J connectivity index is 2.08. The molecule has 2 aromatic heterocycles.